The number of hydrogen-bond donors (Lipinski definition) is 1. The van der Waals surface area contributed by atoms with Crippen LogP contribution in [-0.4, -0.2) is 6.18 Å². The van der Waals surface area contributed by atoms with E-state index in [4.69, 9.17) is 5.73 Å². The molecule has 1 nitrogen and oxygen atoms in total. The van der Waals surface area contributed by atoms with Gasteiger partial charge in [-0.2, -0.15) is 13.2 Å². The highest BCUT2D eigenvalue weighted by atomic mass is 19.4. The summed E-state index contributed by atoms with van der Waals surface area (Å²) in [7, 11) is 0. The number of nitrogens with two attached hydrogens (primary N) is 1. The van der Waals surface area contributed by atoms with E-state index in [1.807, 2.05) is 18.2 Å². The van der Waals surface area contributed by atoms with Gasteiger partial charge in [-0.15, -0.1) is 0 Å². The number of fused-ring (bicyclic) bond motifs is 1. The van der Waals surface area contributed by atoms with Gasteiger partial charge in [0, 0.05) is 6.04 Å². The summed E-state index contributed by atoms with van der Waals surface area (Å²) in [4.78, 5) is 0. The summed E-state index contributed by atoms with van der Waals surface area (Å²) in [6, 6.07) is 11.5. The third-order valence-electron chi connectivity index (χ3n) is 2.67. The number of alkyl halides is 3. The van der Waals surface area contributed by atoms with Crippen molar-refractivity contribution in [1.82, 2.24) is 0 Å². The van der Waals surface area contributed by atoms with Gasteiger partial charge in [0.1, 0.15) is 0 Å². The predicted molar refractivity (Wildman–Crippen MR) is 61.5 cm³/mol. The molecule has 4 heteroatoms. The van der Waals surface area contributed by atoms with Crippen molar-refractivity contribution in [2.75, 3.05) is 0 Å². The van der Waals surface area contributed by atoms with E-state index < -0.39 is 18.6 Å². The largest absolute Gasteiger partial charge is 0.390 e. The van der Waals surface area contributed by atoms with E-state index in [-0.39, 0.29) is 0 Å². The van der Waals surface area contributed by atoms with E-state index in [0.717, 1.165) is 10.8 Å². The first-order valence-electron chi connectivity index (χ1n) is 5.27. The summed E-state index contributed by atoms with van der Waals surface area (Å²) in [6.07, 6.45) is -5.24. The van der Waals surface area contributed by atoms with Gasteiger partial charge in [-0.3, -0.25) is 0 Å². The molecule has 2 rings (SSSR count). The van der Waals surface area contributed by atoms with Gasteiger partial charge in [0.05, 0.1) is 6.42 Å². The Morgan fingerprint density at radius 1 is 1.00 bits per heavy atom. The van der Waals surface area contributed by atoms with Crippen LogP contribution in [0.25, 0.3) is 10.8 Å². The Hall–Kier alpha value is -1.55. The Kier molecular flexibility index (Phi) is 3.07. The van der Waals surface area contributed by atoms with Gasteiger partial charge in [0.25, 0.3) is 0 Å². The molecule has 0 bridgehead atoms. The standard InChI is InChI=1S/C13H12F3N/c14-13(15,16)8-12(17)11-7-3-5-9-4-1-2-6-10(9)11/h1-7,12H,8,17H2/t12-/m0/s1. The van der Waals surface area contributed by atoms with E-state index in [2.05, 4.69) is 0 Å². The fraction of sp³-hybridized carbons (Fsp3) is 0.231. The SMILES string of the molecule is N[C@@H](CC(F)(F)F)c1cccc2ccccc12. The summed E-state index contributed by atoms with van der Waals surface area (Å²) in [5, 5.41) is 1.69. The Morgan fingerprint density at radius 2 is 1.65 bits per heavy atom. The summed E-state index contributed by atoms with van der Waals surface area (Å²) in [5.74, 6) is 0. The van der Waals surface area contributed by atoms with Crippen LogP contribution in [0.3, 0.4) is 0 Å². The maximum Gasteiger partial charge on any atom is 0.390 e. The second-order valence-corrected chi connectivity index (χ2v) is 3.99. The molecule has 2 aromatic rings. The molecule has 0 unspecified atom stereocenters. The summed E-state index contributed by atoms with van der Waals surface area (Å²) < 4.78 is 36.9. The zero-order valence-corrected chi connectivity index (χ0v) is 9.04. The number of halogens is 3. The van der Waals surface area contributed by atoms with E-state index in [1.165, 1.54) is 0 Å². The zero-order chi connectivity index (χ0) is 12.5. The van der Waals surface area contributed by atoms with Crippen molar-refractivity contribution in [3.63, 3.8) is 0 Å². The first-order valence-corrected chi connectivity index (χ1v) is 5.27. The lowest BCUT2D eigenvalue weighted by Crippen LogP contribution is -2.20. The molecule has 0 aliphatic rings. The first kappa shape index (κ1) is 11.9. The minimum atomic E-state index is -4.24. The van der Waals surface area contributed by atoms with Gasteiger partial charge in [0.15, 0.2) is 0 Å². The van der Waals surface area contributed by atoms with Crippen LogP contribution in [0, 0.1) is 0 Å². The van der Waals surface area contributed by atoms with Crippen LogP contribution in [0.2, 0.25) is 0 Å². The second-order valence-electron chi connectivity index (χ2n) is 3.99. The van der Waals surface area contributed by atoms with Crippen LogP contribution in [0.5, 0.6) is 0 Å². The molecule has 0 amide bonds. The molecule has 0 aliphatic heterocycles. The Balaban J connectivity index is 2.41. The van der Waals surface area contributed by atoms with Gasteiger partial charge >= 0.3 is 6.18 Å². The number of rotatable bonds is 2. The fourth-order valence-corrected chi connectivity index (χ4v) is 1.93. The van der Waals surface area contributed by atoms with Crippen LogP contribution in [0.15, 0.2) is 42.5 Å². The molecule has 0 radical (unpaired) electrons. The van der Waals surface area contributed by atoms with E-state index >= 15 is 0 Å². The van der Waals surface area contributed by atoms with E-state index in [1.54, 1.807) is 24.3 Å². The highest BCUT2D eigenvalue weighted by Crippen LogP contribution is 2.31. The Morgan fingerprint density at radius 3 is 2.35 bits per heavy atom. The Bertz CT molecular complexity index is 514. The summed E-state index contributed by atoms with van der Waals surface area (Å²) in [5.41, 5.74) is 6.17. The molecular weight excluding hydrogens is 227 g/mol. The minimum absolute atomic E-state index is 0.542. The lowest BCUT2D eigenvalue weighted by atomic mass is 9.97. The molecule has 0 saturated carbocycles. The third kappa shape index (κ3) is 2.77. The molecule has 0 saturated heterocycles. The number of benzene rings is 2. The molecule has 2 N–H and O–H groups in total. The lowest BCUT2D eigenvalue weighted by Gasteiger charge is -2.16. The first-order chi connectivity index (χ1) is 7.97. The molecule has 90 valence electrons. The van der Waals surface area contributed by atoms with Gasteiger partial charge in [0.2, 0.25) is 0 Å². The minimum Gasteiger partial charge on any atom is -0.324 e. The van der Waals surface area contributed by atoms with Crippen LogP contribution >= 0.6 is 0 Å². The van der Waals surface area contributed by atoms with Gasteiger partial charge in [-0.1, -0.05) is 42.5 Å². The summed E-state index contributed by atoms with van der Waals surface area (Å²) in [6.45, 7) is 0. The second kappa shape index (κ2) is 4.37. The van der Waals surface area contributed by atoms with Crippen molar-refractivity contribution in [3.05, 3.63) is 48.0 Å². The van der Waals surface area contributed by atoms with Crippen molar-refractivity contribution >= 4 is 10.8 Å². The Labute approximate surface area is 97.0 Å². The highest BCUT2D eigenvalue weighted by molar-refractivity contribution is 5.86. The molecule has 0 aliphatic carbocycles. The molecule has 0 heterocycles. The predicted octanol–water partition coefficient (Wildman–Crippen LogP) is 3.79. The normalized spacial score (nSPS) is 13.9. The maximum absolute atomic E-state index is 12.3. The van der Waals surface area contributed by atoms with Crippen LogP contribution in [0.1, 0.15) is 18.0 Å². The number of hydrogen-bond acceptors (Lipinski definition) is 1. The van der Waals surface area contributed by atoms with Gasteiger partial charge in [-0.25, -0.2) is 0 Å². The third-order valence-corrected chi connectivity index (χ3v) is 2.67. The van der Waals surface area contributed by atoms with E-state index in [0.29, 0.717) is 5.56 Å². The molecule has 17 heavy (non-hydrogen) atoms. The van der Waals surface area contributed by atoms with Crippen molar-refractivity contribution in [2.24, 2.45) is 5.73 Å². The molecule has 0 fully saturated rings. The van der Waals surface area contributed by atoms with Crippen LogP contribution in [-0.2, 0) is 0 Å². The molecular formula is C13H12F3N. The fourth-order valence-electron chi connectivity index (χ4n) is 1.93. The van der Waals surface area contributed by atoms with Gasteiger partial charge < -0.3 is 5.73 Å². The smallest absolute Gasteiger partial charge is 0.324 e. The van der Waals surface area contributed by atoms with E-state index in [9.17, 15) is 13.2 Å². The van der Waals surface area contributed by atoms with Crippen LogP contribution < -0.4 is 5.73 Å². The molecule has 0 aromatic heterocycles. The molecule has 0 spiro atoms. The summed E-state index contributed by atoms with van der Waals surface area (Å²) >= 11 is 0. The zero-order valence-electron chi connectivity index (χ0n) is 9.04. The van der Waals surface area contributed by atoms with Crippen molar-refractivity contribution in [1.29, 1.82) is 0 Å². The lowest BCUT2D eigenvalue weighted by molar-refractivity contribution is -0.138. The average Bonchev–Trinajstić information content (AvgIpc) is 2.26. The van der Waals surface area contributed by atoms with Crippen LogP contribution in [0.4, 0.5) is 13.2 Å². The monoisotopic (exact) mass is 239 g/mol. The molecule has 1 atom stereocenters. The van der Waals surface area contributed by atoms with Crippen molar-refractivity contribution in [3.8, 4) is 0 Å². The van der Waals surface area contributed by atoms with Crippen molar-refractivity contribution in [2.45, 2.75) is 18.6 Å². The molecule has 2 aromatic carbocycles. The average molecular weight is 239 g/mol. The quantitative estimate of drug-likeness (QED) is 0.847. The van der Waals surface area contributed by atoms with Gasteiger partial charge in [-0.05, 0) is 16.3 Å². The topological polar surface area (TPSA) is 26.0 Å². The highest BCUT2D eigenvalue weighted by Gasteiger charge is 2.31. The maximum atomic E-state index is 12.3. The van der Waals surface area contributed by atoms with Crippen molar-refractivity contribution < 1.29 is 13.2 Å².